The molecule has 0 saturated heterocycles. The first-order chi connectivity index (χ1) is 11.4. The maximum Gasteiger partial charge on any atom is 0.341 e. The van der Waals surface area contributed by atoms with E-state index in [1.165, 1.54) is 0 Å². The summed E-state index contributed by atoms with van der Waals surface area (Å²) in [7, 11) is 0. The lowest BCUT2D eigenvalue weighted by Gasteiger charge is -2.26. The minimum Gasteiger partial charge on any atom is -0.482 e. The van der Waals surface area contributed by atoms with Crippen LogP contribution in [0.4, 0.5) is 0 Å². The second-order valence-electron chi connectivity index (χ2n) is 5.71. The molecule has 0 saturated carbocycles. The van der Waals surface area contributed by atoms with E-state index in [0.29, 0.717) is 11.5 Å². The molecule has 124 valence electrons. The molecular formula is C19H18O5. The molecule has 0 bridgehead atoms. The maximum absolute atomic E-state index is 10.5. The van der Waals surface area contributed by atoms with Crippen LogP contribution >= 0.6 is 0 Å². The molecular weight excluding hydrogens is 308 g/mol. The summed E-state index contributed by atoms with van der Waals surface area (Å²) in [5.74, 6) is 1.64. The Bertz CT molecular complexity index is 738. The number of rotatable bonds is 7. The van der Waals surface area contributed by atoms with Crippen molar-refractivity contribution < 1.29 is 24.2 Å². The number of hydrogen-bond acceptors (Lipinski definition) is 4. The molecule has 0 fully saturated rings. The predicted molar refractivity (Wildman–Crippen MR) is 89.0 cm³/mol. The molecule has 1 N–H and O–H groups in total. The van der Waals surface area contributed by atoms with Crippen LogP contribution in [0.25, 0.3) is 0 Å². The lowest BCUT2D eigenvalue weighted by molar-refractivity contribution is -0.139. The number of carbonyl (C=O) groups is 1. The molecule has 2 rings (SSSR count). The molecule has 0 aliphatic heterocycles. The summed E-state index contributed by atoms with van der Waals surface area (Å²) in [6.07, 6.45) is 0.968. The van der Waals surface area contributed by atoms with Gasteiger partial charge in [0.15, 0.2) is 18.8 Å². The molecule has 0 spiro atoms. The van der Waals surface area contributed by atoms with Crippen molar-refractivity contribution in [2.45, 2.75) is 19.3 Å². The fraction of sp³-hybridized carbons (Fsp3) is 0.211. The van der Waals surface area contributed by atoms with Gasteiger partial charge >= 0.3 is 5.97 Å². The number of carboxylic acids is 1. The van der Waals surface area contributed by atoms with E-state index in [4.69, 9.17) is 14.6 Å². The molecule has 2 aromatic rings. The van der Waals surface area contributed by atoms with E-state index in [9.17, 15) is 9.59 Å². The summed E-state index contributed by atoms with van der Waals surface area (Å²) >= 11 is 0. The lowest BCUT2D eigenvalue weighted by Crippen LogP contribution is -2.18. The van der Waals surface area contributed by atoms with Gasteiger partial charge in [-0.1, -0.05) is 38.1 Å². The second-order valence-corrected chi connectivity index (χ2v) is 5.71. The first-order valence-corrected chi connectivity index (χ1v) is 7.35. The fourth-order valence-electron chi connectivity index (χ4n) is 2.32. The Morgan fingerprint density at radius 2 is 1.54 bits per heavy atom. The van der Waals surface area contributed by atoms with Gasteiger partial charge in [0.1, 0.15) is 11.5 Å². The Morgan fingerprint density at radius 1 is 1.04 bits per heavy atom. The Kier molecular flexibility index (Phi) is 5.40. The standard InChI is InChI=1S/C19H18O5/c1-19(2,14-3-7-16(8-4-14)23-12-11-20)15-5-9-17(10-6-15)24-13-18(21)22/h3-10,12H,13H2,1-2H3,(H,21,22). The minimum atomic E-state index is -1.01. The molecule has 0 heterocycles. The fourth-order valence-corrected chi connectivity index (χ4v) is 2.32. The number of carbonyl (C=O) groups excluding carboxylic acids is 1. The molecule has 5 nitrogen and oxygen atoms in total. The van der Waals surface area contributed by atoms with Crippen LogP contribution in [0, 0.1) is 0 Å². The van der Waals surface area contributed by atoms with Gasteiger partial charge in [0.25, 0.3) is 0 Å². The highest BCUT2D eigenvalue weighted by atomic mass is 16.5. The SMILES string of the molecule is CC(C)(c1ccc(OC=C=O)cc1)c1ccc(OCC(=O)O)cc1. The van der Waals surface area contributed by atoms with Gasteiger partial charge in [0.05, 0.1) is 0 Å². The van der Waals surface area contributed by atoms with Crippen LogP contribution in [-0.4, -0.2) is 23.6 Å². The Balaban J connectivity index is 2.16. The summed E-state index contributed by atoms with van der Waals surface area (Å²) in [5, 5.41) is 8.63. The van der Waals surface area contributed by atoms with Crippen molar-refractivity contribution in [2.75, 3.05) is 6.61 Å². The van der Waals surface area contributed by atoms with Crippen LogP contribution < -0.4 is 9.47 Å². The van der Waals surface area contributed by atoms with Gasteiger partial charge in [-0.2, -0.15) is 0 Å². The summed E-state index contributed by atoms with van der Waals surface area (Å²) in [4.78, 5) is 20.7. The van der Waals surface area contributed by atoms with Crippen LogP contribution in [0.5, 0.6) is 11.5 Å². The molecule has 2 aromatic carbocycles. The molecule has 0 radical (unpaired) electrons. The van der Waals surface area contributed by atoms with Gasteiger partial charge in [-0.15, -0.1) is 0 Å². The minimum absolute atomic E-state index is 0.260. The van der Waals surface area contributed by atoms with Crippen LogP contribution in [0.15, 0.2) is 54.8 Å². The smallest absolute Gasteiger partial charge is 0.341 e. The summed E-state index contributed by atoms with van der Waals surface area (Å²) in [6.45, 7) is 3.81. The quantitative estimate of drug-likeness (QED) is 0.625. The van der Waals surface area contributed by atoms with E-state index in [-0.39, 0.29) is 12.0 Å². The Labute approximate surface area is 140 Å². The van der Waals surface area contributed by atoms with E-state index < -0.39 is 5.97 Å². The average Bonchev–Trinajstić information content (AvgIpc) is 2.59. The number of hydrogen-bond donors (Lipinski definition) is 1. The highest BCUT2D eigenvalue weighted by Gasteiger charge is 2.23. The predicted octanol–water partition coefficient (Wildman–Crippen LogP) is 3.20. The van der Waals surface area contributed by atoms with Gasteiger partial charge in [-0.3, -0.25) is 0 Å². The third-order valence-corrected chi connectivity index (χ3v) is 3.76. The first kappa shape index (κ1) is 17.3. The van der Waals surface area contributed by atoms with Gasteiger partial charge in [-0.05, 0) is 35.4 Å². The van der Waals surface area contributed by atoms with Gasteiger partial charge < -0.3 is 14.6 Å². The molecule has 0 aliphatic carbocycles. The van der Waals surface area contributed by atoms with Crippen molar-refractivity contribution in [2.24, 2.45) is 0 Å². The highest BCUT2D eigenvalue weighted by Crippen LogP contribution is 2.33. The Hall–Kier alpha value is -3.04. The Morgan fingerprint density at radius 3 is 2.00 bits per heavy atom. The van der Waals surface area contributed by atoms with Crippen LogP contribution in [-0.2, 0) is 15.0 Å². The van der Waals surface area contributed by atoms with Crippen molar-refractivity contribution in [1.29, 1.82) is 0 Å². The molecule has 0 amide bonds. The average molecular weight is 326 g/mol. The molecule has 24 heavy (non-hydrogen) atoms. The number of aliphatic carboxylic acids is 1. The molecule has 0 unspecified atom stereocenters. The van der Waals surface area contributed by atoms with Gasteiger partial charge in [-0.25, -0.2) is 9.59 Å². The molecule has 0 atom stereocenters. The first-order valence-electron chi connectivity index (χ1n) is 7.35. The zero-order chi connectivity index (χ0) is 17.6. The normalized spacial score (nSPS) is 10.6. The van der Waals surface area contributed by atoms with Gasteiger partial charge in [0, 0.05) is 5.41 Å². The van der Waals surface area contributed by atoms with E-state index in [0.717, 1.165) is 17.4 Å². The summed E-state index contributed by atoms with van der Waals surface area (Å²) in [5.41, 5.74) is 1.88. The van der Waals surface area contributed by atoms with Gasteiger partial charge in [0.2, 0.25) is 0 Å². The van der Waals surface area contributed by atoms with E-state index in [1.54, 1.807) is 30.2 Å². The summed E-state index contributed by atoms with van der Waals surface area (Å²) in [6, 6.07) is 14.8. The van der Waals surface area contributed by atoms with Crippen molar-refractivity contribution in [1.82, 2.24) is 0 Å². The van der Waals surface area contributed by atoms with E-state index in [2.05, 4.69) is 13.8 Å². The number of ether oxygens (including phenoxy) is 2. The van der Waals surface area contributed by atoms with Crippen LogP contribution in [0.3, 0.4) is 0 Å². The van der Waals surface area contributed by atoms with E-state index in [1.807, 2.05) is 24.3 Å². The van der Waals surface area contributed by atoms with Crippen LogP contribution in [0.1, 0.15) is 25.0 Å². The third-order valence-electron chi connectivity index (χ3n) is 3.76. The van der Waals surface area contributed by atoms with E-state index >= 15 is 0 Å². The highest BCUT2D eigenvalue weighted by molar-refractivity contribution is 5.68. The van der Waals surface area contributed by atoms with Crippen molar-refractivity contribution >= 4 is 11.9 Å². The summed E-state index contributed by atoms with van der Waals surface area (Å²) < 4.78 is 10.2. The second kappa shape index (κ2) is 7.49. The van der Waals surface area contributed by atoms with Crippen molar-refractivity contribution in [3.63, 3.8) is 0 Å². The maximum atomic E-state index is 10.5. The monoisotopic (exact) mass is 326 g/mol. The molecule has 5 heteroatoms. The number of carboxylic acid groups (broad SMARTS) is 1. The third kappa shape index (κ3) is 4.24. The number of benzene rings is 2. The molecule has 0 aliphatic rings. The van der Waals surface area contributed by atoms with Crippen LogP contribution in [0.2, 0.25) is 0 Å². The molecule has 0 aromatic heterocycles. The lowest BCUT2D eigenvalue weighted by atomic mass is 9.78. The van der Waals surface area contributed by atoms with Crippen molar-refractivity contribution in [3.05, 3.63) is 65.9 Å². The zero-order valence-corrected chi connectivity index (χ0v) is 13.5. The largest absolute Gasteiger partial charge is 0.482 e. The zero-order valence-electron chi connectivity index (χ0n) is 13.5. The topological polar surface area (TPSA) is 72.8 Å². The van der Waals surface area contributed by atoms with Crippen molar-refractivity contribution in [3.8, 4) is 11.5 Å².